The zero-order valence-corrected chi connectivity index (χ0v) is 15.8. The summed E-state index contributed by atoms with van der Waals surface area (Å²) in [5.74, 6) is 0. The van der Waals surface area contributed by atoms with Crippen molar-refractivity contribution in [1.82, 2.24) is 10.3 Å². The fraction of sp³-hybridized carbons (Fsp3) is 0.444. The summed E-state index contributed by atoms with van der Waals surface area (Å²) in [7, 11) is 0. The molecule has 1 aromatic carbocycles. The maximum Gasteiger partial charge on any atom is 0.407 e. The fourth-order valence-corrected chi connectivity index (χ4v) is 3.44. The van der Waals surface area contributed by atoms with Gasteiger partial charge in [0.2, 0.25) is 0 Å². The van der Waals surface area contributed by atoms with Gasteiger partial charge in [0.25, 0.3) is 0 Å². The minimum Gasteiger partial charge on any atom is -0.444 e. The quantitative estimate of drug-likeness (QED) is 0.836. The third-order valence-corrected chi connectivity index (χ3v) is 4.59. The number of carbonyl (C=O) groups excluding carboxylic acids is 1. The van der Waals surface area contributed by atoms with E-state index in [9.17, 15) is 4.79 Å². The van der Waals surface area contributed by atoms with Crippen LogP contribution < -0.4 is 10.2 Å². The third-order valence-electron chi connectivity index (χ3n) is 3.95. The van der Waals surface area contributed by atoms with Gasteiger partial charge in [0.15, 0.2) is 0 Å². The Hall–Kier alpha value is -1.82. The van der Waals surface area contributed by atoms with Crippen LogP contribution in [0.1, 0.15) is 27.2 Å². The largest absolute Gasteiger partial charge is 0.444 e. The topological polar surface area (TPSA) is 54.5 Å². The van der Waals surface area contributed by atoms with Gasteiger partial charge in [0.05, 0.1) is 11.6 Å². The zero-order valence-electron chi connectivity index (χ0n) is 14.2. The smallest absolute Gasteiger partial charge is 0.407 e. The van der Waals surface area contributed by atoms with Gasteiger partial charge >= 0.3 is 6.09 Å². The molecule has 0 unspecified atom stereocenters. The van der Waals surface area contributed by atoms with E-state index in [-0.39, 0.29) is 12.1 Å². The number of carbonyl (C=O) groups is 1. The van der Waals surface area contributed by atoms with Gasteiger partial charge in [-0.15, -0.1) is 0 Å². The first-order valence-corrected chi connectivity index (χ1v) is 8.90. The molecule has 1 atom stereocenters. The van der Waals surface area contributed by atoms with Crippen LogP contribution in [0.5, 0.6) is 0 Å². The van der Waals surface area contributed by atoms with Crippen LogP contribution in [-0.2, 0) is 4.74 Å². The predicted molar refractivity (Wildman–Crippen MR) is 99.4 cm³/mol. The molecule has 128 valence electrons. The van der Waals surface area contributed by atoms with Crippen LogP contribution in [0.4, 0.5) is 10.5 Å². The molecule has 1 aliphatic heterocycles. The van der Waals surface area contributed by atoms with Gasteiger partial charge < -0.3 is 15.0 Å². The molecule has 1 saturated heterocycles. The molecule has 0 spiro atoms. The van der Waals surface area contributed by atoms with E-state index in [4.69, 9.17) is 4.74 Å². The van der Waals surface area contributed by atoms with Gasteiger partial charge in [-0.25, -0.2) is 4.79 Å². The Kier molecular flexibility index (Phi) is 4.67. The van der Waals surface area contributed by atoms with Gasteiger partial charge in [-0.2, -0.15) is 0 Å². The summed E-state index contributed by atoms with van der Waals surface area (Å²) in [5, 5.41) is 4.08. The standard InChI is InChI=1S/C18H22BrN3O2/c1-18(2,3)24-17(23)21-12-8-10-22(11-12)15-7-9-20-16-13(15)5-4-6-14(16)19/h4-7,9,12H,8,10-11H2,1-3H3,(H,21,23)/t12-/m0/s1. The number of anilines is 1. The molecule has 1 N–H and O–H groups in total. The second-order valence-electron chi connectivity index (χ2n) is 7.04. The molecule has 1 fully saturated rings. The van der Waals surface area contributed by atoms with Crippen molar-refractivity contribution in [2.24, 2.45) is 0 Å². The second-order valence-corrected chi connectivity index (χ2v) is 7.90. The van der Waals surface area contributed by atoms with E-state index in [1.54, 1.807) is 0 Å². The van der Waals surface area contributed by atoms with E-state index in [1.807, 2.05) is 45.2 Å². The molecule has 24 heavy (non-hydrogen) atoms. The maximum atomic E-state index is 11.9. The highest BCUT2D eigenvalue weighted by molar-refractivity contribution is 9.10. The minimum atomic E-state index is -0.476. The highest BCUT2D eigenvalue weighted by Crippen LogP contribution is 2.31. The highest BCUT2D eigenvalue weighted by atomic mass is 79.9. The molecule has 1 aromatic heterocycles. The number of amides is 1. The van der Waals surface area contributed by atoms with Crippen LogP contribution in [0.25, 0.3) is 10.9 Å². The number of pyridine rings is 1. The molecule has 2 heterocycles. The van der Waals surface area contributed by atoms with Crippen molar-refractivity contribution in [3.8, 4) is 0 Å². The Morgan fingerprint density at radius 3 is 2.92 bits per heavy atom. The van der Waals surface area contributed by atoms with Gasteiger partial charge in [-0.1, -0.05) is 12.1 Å². The Bertz CT molecular complexity index is 758. The van der Waals surface area contributed by atoms with Crippen LogP contribution >= 0.6 is 15.9 Å². The number of nitrogens with one attached hydrogen (secondary N) is 1. The molecule has 0 aliphatic carbocycles. The molecular weight excluding hydrogens is 370 g/mol. The van der Waals surface area contributed by atoms with Crippen molar-refractivity contribution in [3.05, 3.63) is 34.9 Å². The maximum absolute atomic E-state index is 11.9. The summed E-state index contributed by atoms with van der Waals surface area (Å²) in [4.78, 5) is 18.7. The molecule has 1 amide bonds. The summed E-state index contributed by atoms with van der Waals surface area (Å²) >= 11 is 3.56. The van der Waals surface area contributed by atoms with Crippen molar-refractivity contribution in [1.29, 1.82) is 0 Å². The molecule has 1 aliphatic rings. The fourth-order valence-electron chi connectivity index (χ4n) is 2.97. The predicted octanol–water partition coefficient (Wildman–Crippen LogP) is 4.10. The van der Waals surface area contributed by atoms with Gasteiger partial charge in [0.1, 0.15) is 5.60 Å². The Morgan fingerprint density at radius 1 is 1.38 bits per heavy atom. The molecule has 5 nitrogen and oxygen atoms in total. The van der Waals surface area contributed by atoms with Crippen LogP contribution in [0.3, 0.4) is 0 Å². The molecule has 3 rings (SSSR count). The lowest BCUT2D eigenvalue weighted by Gasteiger charge is -2.23. The van der Waals surface area contributed by atoms with Crippen LogP contribution in [0.2, 0.25) is 0 Å². The molecule has 0 radical (unpaired) electrons. The van der Waals surface area contributed by atoms with Crippen molar-refractivity contribution < 1.29 is 9.53 Å². The van der Waals surface area contributed by atoms with E-state index < -0.39 is 5.60 Å². The SMILES string of the molecule is CC(C)(C)OC(=O)N[C@H]1CCN(c2ccnc3c(Br)cccc23)C1. The number of fused-ring (bicyclic) bond motifs is 1. The highest BCUT2D eigenvalue weighted by Gasteiger charge is 2.27. The number of para-hydroxylation sites is 1. The van der Waals surface area contributed by atoms with Crippen molar-refractivity contribution >= 4 is 38.6 Å². The lowest BCUT2D eigenvalue weighted by atomic mass is 10.2. The zero-order chi connectivity index (χ0) is 17.3. The number of aromatic nitrogens is 1. The number of alkyl carbamates (subject to hydrolysis) is 1. The number of ether oxygens (including phenoxy) is 1. The van der Waals surface area contributed by atoms with Gasteiger partial charge in [-0.3, -0.25) is 4.98 Å². The molecular formula is C18H22BrN3O2. The third kappa shape index (κ3) is 3.80. The van der Waals surface area contributed by atoms with Gasteiger partial charge in [0, 0.05) is 34.8 Å². The molecule has 6 heteroatoms. The number of benzene rings is 1. The Balaban J connectivity index is 1.72. The Morgan fingerprint density at radius 2 is 2.17 bits per heavy atom. The van der Waals surface area contributed by atoms with E-state index in [0.29, 0.717) is 0 Å². The van der Waals surface area contributed by atoms with E-state index in [0.717, 1.165) is 40.6 Å². The first-order chi connectivity index (χ1) is 11.3. The molecule has 2 aromatic rings. The Labute approximate surface area is 150 Å². The van der Waals surface area contributed by atoms with E-state index >= 15 is 0 Å². The van der Waals surface area contributed by atoms with E-state index in [1.165, 1.54) is 0 Å². The number of halogens is 1. The van der Waals surface area contributed by atoms with Crippen LogP contribution in [0, 0.1) is 0 Å². The summed E-state index contributed by atoms with van der Waals surface area (Å²) in [6, 6.07) is 8.22. The lowest BCUT2D eigenvalue weighted by Crippen LogP contribution is -2.40. The average Bonchev–Trinajstić information content (AvgIpc) is 2.93. The minimum absolute atomic E-state index is 0.0928. The van der Waals surface area contributed by atoms with Crippen molar-refractivity contribution in [3.63, 3.8) is 0 Å². The summed E-state index contributed by atoms with van der Waals surface area (Å²) in [6.07, 6.45) is 2.38. The van der Waals surface area contributed by atoms with Crippen molar-refractivity contribution in [2.45, 2.75) is 38.8 Å². The normalized spacial score (nSPS) is 18.0. The monoisotopic (exact) mass is 391 g/mol. The molecule has 0 saturated carbocycles. The lowest BCUT2D eigenvalue weighted by molar-refractivity contribution is 0.0509. The number of hydrogen-bond acceptors (Lipinski definition) is 4. The first-order valence-electron chi connectivity index (χ1n) is 8.11. The summed E-state index contributed by atoms with van der Waals surface area (Å²) in [6.45, 7) is 7.27. The average molecular weight is 392 g/mol. The number of hydrogen-bond donors (Lipinski definition) is 1. The van der Waals surface area contributed by atoms with Crippen LogP contribution in [0.15, 0.2) is 34.9 Å². The first kappa shape index (κ1) is 17.0. The summed E-state index contributed by atoms with van der Waals surface area (Å²) in [5.41, 5.74) is 1.63. The second kappa shape index (κ2) is 6.59. The number of rotatable bonds is 2. The summed E-state index contributed by atoms with van der Waals surface area (Å²) < 4.78 is 6.33. The van der Waals surface area contributed by atoms with E-state index in [2.05, 4.69) is 37.2 Å². The molecule has 0 bridgehead atoms. The van der Waals surface area contributed by atoms with Crippen molar-refractivity contribution in [2.75, 3.05) is 18.0 Å². The van der Waals surface area contributed by atoms with Gasteiger partial charge in [-0.05, 0) is 55.3 Å². The van der Waals surface area contributed by atoms with Crippen LogP contribution in [-0.4, -0.2) is 35.8 Å². The number of nitrogens with zero attached hydrogens (tertiary/aromatic N) is 2.